The topological polar surface area (TPSA) is 27.1 Å². The van der Waals surface area contributed by atoms with Gasteiger partial charge in [0.1, 0.15) is 18.2 Å². The first-order chi connectivity index (χ1) is 12.7. The molecule has 0 bridgehead atoms. The predicted molar refractivity (Wildman–Crippen MR) is 106 cm³/mol. The van der Waals surface area contributed by atoms with Gasteiger partial charge in [-0.3, -0.25) is 0 Å². The number of fused-ring (bicyclic) bond motifs is 1. The Morgan fingerprint density at radius 1 is 0.808 bits per heavy atom. The largest absolute Gasteiger partial charge is 0.486 e. The number of rotatable bonds is 5. The molecular weight excluding hydrogens is 320 g/mol. The average molecular weight is 342 g/mol. The maximum Gasteiger partial charge on any atom is 0.148 e. The molecule has 0 radical (unpaired) electrons. The minimum absolute atomic E-state index is 0.448. The molecule has 0 saturated carbocycles. The van der Waals surface area contributed by atoms with Crippen LogP contribution in [-0.2, 0) is 13.2 Å². The second-order valence-electron chi connectivity index (χ2n) is 6.69. The van der Waals surface area contributed by atoms with E-state index in [1.54, 1.807) is 0 Å². The first-order valence-corrected chi connectivity index (χ1v) is 8.88. The lowest BCUT2D eigenvalue weighted by molar-refractivity contribution is 0.291. The summed E-state index contributed by atoms with van der Waals surface area (Å²) < 4.78 is 8.23. The van der Waals surface area contributed by atoms with E-state index >= 15 is 0 Å². The van der Waals surface area contributed by atoms with Crippen molar-refractivity contribution in [1.29, 1.82) is 0 Å². The number of imidazole rings is 1. The molecule has 0 fully saturated rings. The summed E-state index contributed by atoms with van der Waals surface area (Å²) in [5, 5.41) is 0. The molecule has 0 amide bonds. The number of para-hydroxylation sites is 2. The van der Waals surface area contributed by atoms with Crippen LogP contribution >= 0.6 is 0 Å². The van der Waals surface area contributed by atoms with E-state index in [-0.39, 0.29) is 0 Å². The third-order valence-corrected chi connectivity index (χ3v) is 4.58. The Morgan fingerprint density at radius 2 is 1.46 bits per heavy atom. The summed E-state index contributed by atoms with van der Waals surface area (Å²) in [6.07, 6.45) is 0. The van der Waals surface area contributed by atoms with Crippen LogP contribution in [0.1, 0.15) is 22.5 Å². The summed E-state index contributed by atoms with van der Waals surface area (Å²) in [7, 11) is 0. The molecule has 4 aromatic rings. The fourth-order valence-electron chi connectivity index (χ4n) is 3.07. The third-order valence-electron chi connectivity index (χ3n) is 4.58. The van der Waals surface area contributed by atoms with Crippen molar-refractivity contribution in [2.45, 2.75) is 27.0 Å². The van der Waals surface area contributed by atoms with Crippen molar-refractivity contribution < 1.29 is 4.74 Å². The molecule has 4 rings (SSSR count). The zero-order valence-electron chi connectivity index (χ0n) is 15.1. The lowest BCUT2D eigenvalue weighted by atomic mass is 10.1. The molecule has 26 heavy (non-hydrogen) atoms. The number of hydrogen-bond donors (Lipinski definition) is 0. The molecular formula is C23H22N2O. The summed E-state index contributed by atoms with van der Waals surface area (Å²) in [6, 6.07) is 25.0. The molecule has 1 heterocycles. The number of benzene rings is 3. The van der Waals surface area contributed by atoms with Crippen LogP contribution in [-0.4, -0.2) is 9.55 Å². The first-order valence-electron chi connectivity index (χ1n) is 8.88. The van der Waals surface area contributed by atoms with Crippen LogP contribution in [0.4, 0.5) is 0 Å². The Labute approximate surface area is 153 Å². The second-order valence-corrected chi connectivity index (χ2v) is 6.69. The minimum Gasteiger partial charge on any atom is -0.486 e. The van der Waals surface area contributed by atoms with E-state index in [0.29, 0.717) is 6.61 Å². The molecule has 0 aliphatic heterocycles. The highest BCUT2D eigenvalue weighted by Crippen LogP contribution is 2.20. The van der Waals surface area contributed by atoms with Crippen molar-refractivity contribution in [3.63, 3.8) is 0 Å². The Hall–Kier alpha value is -3.07. The van der Waals surface area contributed by atoms with Crippen LogP contribution in [0.25, 0.3) is 11.0 Å². The number of aryl methyl sites for hydroxylation is 2. The van der Waals surface area contributed by atoms with Gasteiger partial charge in [-0.25, -0.2) is 4.98 Å². The molecule has 0 aliphatic rings. The second kappa shape index (κ2) is 7.04. The average Bonchev–Trinajstić information content (AvgIpc) is 3.01. The smallest absolute Gasteiger partial charge is 0.148 e. The van der Waals surface area contributed by atoms with Crippen molar-refractivity contribution in [2.24, 2.45) is 0 Å². The molecule has 0 N–H and O–H groups in total. The number of aromatic nitrogens is 2. The first kappa shape index (κ1) is 16.4. The van der Waals surface area contributed by atoms with Gasteiger partial charge in [0.15, 0.2) is 0 Å². The van der Waals surface area contributed by atoms with Gasteiger partial charge in [0.2, 0.25) is 0 Å². The summed E-state index contributed by atoms with van der Waals surface area (Å²) in [5.41, 5.74) is 5.89. The maximum atomic E-state index is 5.99. The number of ether oxygens (including phenoxy) is 1. The molecule has 3 heteroatoms. The highest BCUT2D eigenvalue weighted by molar-refractivity contribution is 5.76. The Bertz CT molecular complexity index is 1010. The van der Waals surface area contributed by atoms with Crippen LogP contribution in [0.3, 0.4) is 0 Å². The van der Waals surface area contributed by atoms with Gasteiger partial charge in [-0.05, 0) is 43.7 Å². The molecule has 3 nitrogen and oxygen atoms in total. The van der Waals surface area contributed by atoms with E-state index in [0.717, 1.165) is 29.2 Å². The maximum absolute atomic E-state index is 5.99. The zero-order valence-corrected chi connectivity index (χ0v) is 15.1. The van der Waals surface area contributed by atoms with Crippen molar-refractivity contribution in [1.82, 2.24) is 9.55 Å². The fourth-order valence-corrected chi connectivity index (χ4v) is 3.07. The fraction of sp³-hybridized carbons (Fsp3) is 0.174. The minimum atomic E-state index is 0.448. The van der Waals surface area contributed by atoms with Gasteiger partial charge in [0.25, 0.3) is 0 Å². The van der Waals surface area contributed by atoms with E-state index < -0.39 is 0 Å². The Balaban J connectivity index is 1.64. The van der Waals surface area contributed by atoms with Crippen molar-refractivity contribution in [2.75, 3.05) is 0 Å². The lowest BCUT2D eigenvalue weighted by Gasteiger charge is -2.11. The normalized spacial score (nSPS) is 11.0. The highest BCUT2D eigenvalue weighted by atomic mass is 16.5. The lowest BCUT2D eigenvalue weighted by Crippen LogP contribution is -2.08. The number of hydrogen-bond acceptors (Lipinski definition) is 2. The van der Waals surface area contributed by atoms with E-state index in [2.05, 4.69) is 73.0 Å². The third kappa shape index (κ3) is 3.47. The predicted octanol–water partition coefficient (Wildman–Crippen LogP) is 5.28. The van der Waals surface area contributed by atoms with Crippen LogP contribution < -0.4 is 4.74 Å². The number of nitrogens with zero attached hydrogens (tertiary/aromatic N) is 2. The van der Waals surface area contributed by atoms with E-state index in [9.17, 15) is 0 Å². The molecule has 0 unspecified atom stereocenters. The summed E-state index contributed by atoms with van der Waals surface area (Å²) >= 11 is 0. The molecule has 0 aliphatic carbocycles. The van der Waals surface area contributed by atoms with Crippen LogP contribution in [0.5, 0.6) is 5.75 Å². The molecule has 0 saturated heterocycles. The monoisotopic (exact) mass is 342 g/mol. The summed E-state index contributed by atoms with van der Waals surface area (Å²) in [6.45, 7) is 5.42. The van der Waals surface area contributed by atoms with Crippen molar-refractivity contribution in [3.05, 3.63) is 95.3 Å². The SMILES string of the molecule is Cc1ccc(Cn2c(COc3ccc(C)cc3)nc3ccccc32)cc1. The van der Waals surface area contributed by atoms with Crippen molar-refractivity contribution in [3.8, 4) is 5.75 Å². The highest BCUT2D eigenvalue weighted by Gasteiger charge is 2.11. The molecule has 1 aromatic heterocycles. The Morgan fingerprint density at radius 3 is 2.19 bits per heavy atom. The van der Waals surface area contributed by atoms with Crippen LogP contribution in [0.2, 0.25) is 0 Å². The quantitative estimate of drug-likeness (QED) is 0.493. The van der Waals surface area contributed by atoms with Crippen molar-refractivity contribution >= 4 is 11.0 Å². The Kier molecular flexibility index (Phi) is 4.44. The molecule has 0 spiro atoms. The van der Waals surface area contributed by atoms with Gasteiger partial charge < -0.3 is 9.30 Å². The van der Waals surface area contributed by atoms with Gasteiger partial charge >= 0.3 is 0 Å². The van der Waals surface area contributed by atoms with Gasteiger partial charge in [-0.1, -0.05) is 59.7 Å². The molecule has 0 atom stereocenters. The van der Waals surface area contributed by atoms with E-state index in [4.69, 9.17) is 9.72 Å². The standard InChI is InChI=1S/C23H22N2O/c1-17-7-11-19(12-8-17)15-25-22-6-4-3-5-21(22)24-23(25)16-26-20-13-9-18(2)10-14-20/h3-14H,15-16H2,1-2H3. The van der Waals surface area contributed by atoms with Gasteiger partial charge in [0.05, 0.1) is 11.0 Å². The van der Waals surface area contributed by atoms with Gasteiger partial charge in [0, 0.05) is 6.54 Å². The van der Waals surface area contributed by atoms with E-state index in [1.165, 1.54) is 16.7 Å². The summed E-state index contributed by atoms with van der Waals surface area (Å²) in [5.74, 6) is 1.80. The molecule has 130 valence electrons. The summed E-state index contributed by atoms with van der Waals surface area (Å²) in [4.78, 5) is 4.80. The van der Waals surface area contributed by atoms with Gasteiger partial charge in [-0.2, -0.15) is 0 Å². The zero-order chi connectivity index (χ0) is 17.9. The van der Waals surface area contributed by atoms with Crippen LogP contribution in [0, 0.1) is 13.8 Å². The van der Waals surface area contributed by atoms with Gasteiger partial charge in [-0.15, -0.1) is 0 Å². The van der Waals surface area contributed by atoms with E-state index in [1.807, 2.05) is 18.2 Å². The van der Waals surface area contributed by atoms with Crippen LogP contribution in [0.15, 0.2) is 72.8 Å². The molecule has 3 aromatic carbocycles.